The van der Waals surface area contributed by atoms with Crippen LogP contribution in [0.2, 0.25) is 5.02 Å². The van der Waals surface area contributed by atoms with Crippen molar-refractivity contribution in [2.45, 2.75) is 4.90 Å². The molecule has 2 aromatic rings. The maximum absolute atomic E-state index is 13.4. The Balaban J connectivity index is 1.95. The minimum atomic E-state index is -0.350. The zero-order chi connectivity index (χ0) is 15.2. The summed E-state index contributed by atoms with van der Waals surface area (Å²) >= 11 is 6.99. The first kappa shape index (κ1) is 15.4. The van der Waals surface area contributed by atoms with Crippen molar-refractivity contribution >= 4 is 35.0 Å². The van der Waals surface area contributed by atoms with Gasteiger partial charge in [-0.2, -0.15) is 5.26 Å². The molecule has 2 rings (SSSR count). The minimum Gasteiger partial charge on any atom is -0.325 e. The highest BCUT2D eigenvalue weighted by Gasteiger charge is 2.08. The number of thioether (sulfide) groups is 1. The number of halogens is 2. The quantitative estimate of drug-likeness (QED) is 0.863. The number of carbonyl (C=O) groups excluding carboxylic acids is 1. The lowest BCUT2D eigenvalue weighted by atomic mass is 10.2. The van der Waals surface area contributed by atoms with Crippen molar-refractivity contribution < 1.29 is 9.18 Å². The Kier molecular flexibility index (Phi) is 5.20. The topological polar surface area (TPSA) is 52.9 Å². The van der Waals surface area contributed by atoms with Gasteiger partial charge >= 0.3 is 0 Å². The van der Waals surface area contributed by atoms with Crippen molar-refractivity contribution in [3.63, 3.8) is 0 Å². The second-order valence-electron chi connectivity index (χ2n) is 4.07. The summed E-state index contributed by atoms with van der Waals surface area (Å²) in [5, 5.41) is 11.7. The lowest BCUT2D eigenvalue weighted by molar-refractivity contribution is -0.113. The fourth-order valence-electron chi connectivity index (χ4n) is 1.59. The zero-order valence-corrected chi connectivity index (χ0v) is 12.3. The molecule has 0 unspecified atom stereocenters. The molecule has 1 amide bonds. The summed E-state index contributed by atoms with van der Waals surface area (Å²) in [5.41, 5.74) is 0.841. The van der Waals surface area contributed by atoms with E-state index in [-0.39, 0.29) is 22.5 Å². The number of hydrogen-bond acceptors (Lipinski definition) is 3. The predicted octanol–water partition coefficient (Wildman–Crippen LogP) is 4.08. The Hall–Kier alpha value is -2.03. The van der Waals surface area contributed by atoms with E-state index in [1.54, 1.807) is 24.3 Å². The highest BCUT2D eigenvalue weighted by molar-refractivity contribution is 8.00. The molecule has 0 saturated heterocycles. The number of nitrogens with zero attached hydrogens (tertiary/aromatic N) is 1. The van der Waals surface area contributed by atoms with Crippen molar-refractivity contribution in [3.05, 3.63) is 58.9 Å². The average molecular weight is 321 g/mol. The molecular formula is C15H10ClFN2OS. The summed E-state index contributed by atoms with van der Waals surface area (Å²) in [5.74, 6) is -0.542. The van der Waals surface area contributed by atoms with E-state index in [0.717, 1.165) is 11.8 Å². The largest absolute Gasteiger partial charge is 0.325 e. The maximum Gasteiger partial charge on any atom is 0.234 e. The molecule has 0 aliphatic rings. The van der Waals surface area contributed by atoms with E-state index in [2.05, 4.69) is 5.32 Å². The van der Waals surface area contributed by atoms with E-state index in [1.165, 1.54) is 18.2 Å². The molecule has 21 heavy (non-hydrogen) atoms. The van der Waals surface area contributed by atoms with Crippen LogP contribution >= 0.6 is 23.4 Å². The molecule has 0 atom stereocenters. The van der Waals surface area contributed by atoms with Crippen LogP contribution in [-0.2, 0) is 4.79 Å². The van der Waals surface area contributed by atoms with E-state index in [9.17, 15) is 9.18 Å². The molecular weight excluding hydrogens is 311 g/mol. The van der Waals surface area contributed by atoms with Gasteiger partial charge in [-0.1, -0.05) is 23.7 Å². The van der Waals surface area contributed by atoms with E-state index >= 15 is 0 Å². The Morgan fingerprint density at radius 2 is 2.10 bits per heavy atom. The third-order valence-corrected chi connectivity index (χ3v) is 3.93. The number of benzene rings is 2. The van der Waals surface area contributed by atoms with Crippen molar-refractivity contribution in [2.75, 3.05) is 11.1 Å². The van der Waals surface area contributed by atoms with Crippen molar-refractivity contribution in [1.29, 1.82) is 5.26 Å². The van der Waals surface area contributed by atoms with Crippen LogP contribution in [0.4, 0.5) is 10.1 Å². The number of amides is 1. The van der Waals surface area contributed by atoms with Gasteiger partial charge in [-0.3, -0.25) is 4.79 Å². The summed E-state index contributed by atoms with van der Waals surface area (Å²) < 4.78 is 13.4. The molecule has 0 radical (unpaired) electrons. The van der Waals surface area contributed by atoms with E-state index in [0.29, 0.717) is 16.1 Å². The van der Waals surface area contributed by atoms with Crippen molar-refractivity contribution in [2.24, 2.45) is 0 Å². The number of carbonyl (C=O) groups is 1. The third-order valence-electron chi connectivity index (χ3n) is 2.57. The summed E-state index contributed by atoms with van der Waals surface area (Å²) in [7, 11) is 0. The van der Waals surface area contributed by atoms with E-state index < -0.39 is 0 Å². The molecule has 1 N–H and O–H groups in total. The van der Waals surface area contributed by atoms with Crippen molar-refractivity contribution in [3.8, 4) is 6.07 Å². The van der Waals surface area contributed by atoms with Crippen LogP contribution in [0.1, 0.15) is 5.56 Å². The Morgan fingerprint density at radius 1 is 1.33 bits per heavy atom. The first-order valence-electron chi connectivity index (χ1n) is 5.97. The Labute approximate surface area is 130 Å². The van der Waals surface area contributed by atoms with Gasteiger partial charge in [0.1, 0.15) is 11.9 Å². The van der Waals surface area contributed by atoms with Gasteiger partial charge in [-0.15, -0.1) is 11.8 Å². The maximum atomic E-state index is 13.4. The third kappa shape index (κ3) is 4.22. The first-order valence-corrected chi connectivity index (χ1v) is 7.33. The van der Waals surface area contributed by atoms with Gasteiger partial charge in [0.05, 0.1) is 16.3 Å². The predicted molar refractivity (Wildman–Crippen MR) is 81.9 cm³/mol. The lowest BCUT2D eigenvalue weighted by Gasteiger charge is -2.06. The Bertz CT molecular complexity index is 715. The molecule has 6 heteroatoms. The number of rotatable bonds is 4. The zero-order valence-electron chi connectivity index (χ0n) is 10.8. The van der Waals surface area contributed by atoms with Gasteiger partial charge in [-0.25, -0.2) is 4.39 Å². The summed E-state index contributed by atoms with van der Waals surface area (Å²) in [6.07, 6.45) is 0. The van der Waals surface area contributed by atoms with Crippen LogP contribution in [0.25, 0.3) is 0 Å². The summed E-state index contributed by atoms with van der Waals surface area (Å²) in [4.78, 5) is 12.2. The second-order valence-corrected chi connectivity index (χ2v) is 5.50. The van der Waals surface area contributed by atoms with E-state index in [4.69, 9.17) is 16.9 Å². The molecule has 3 nitrogen and oxygen atoms in total. The van der Waals surface area contributed by atoms with Gasteiger partial charge in [0, 0.05) is 10.6 Å². The first-order chi connectivity index (χ1) is 10.1. The van der Waals surface area contributed by atoms with Gasteiger partial charge < -0.3 is 5.32 Å². The van der Waals surface area contributed by atoms with Gasteiger partial charge in [0.25, 0.3) is 0 Å². The van der Waals surface area contributed by atoms with Crippen LogP contribution in [0.5, 0.6) is 0 Å². The molecule has 0 aliphatic heterocycles. The number of nitrogens with one attached hydrogen (secondary N) is 1. The number of hydrogen-bond donors (Lipinski definition) is 1. The van der Waals surface area contributed by atoms with Gasteiger partial charge in [0.2, 0.25) is 5.91 Å². The summed E-state index contributed by atoms with van der Waals surface area (Å²) in [6.45, 7) is 0. The average Bonchev–Trinajstić information content (AvgIpc) is 2.46. The van der Waals surface area contributed by atoms with Crippen LogP contribution in [0.3, 0.4) is 0 Å². The van der Waals surface area contributed by atoms with Crippen LogP contribution < -0.4 is 5.32 Å². The van der Waals surface area contributed by atoms with Crippen molar-refractivity contribution in [1.82, 2.24) is 0 Å². The smallest absolute Gasteiger partial charge is 0.234 e. The van der Waals surface area contributed by atoms with Gasteiger partial charge in [-0.05, 0) is 30.3 Å². The number of anilines is 1. The molecule has 0 heterocycles. The molecule has 2 aromatic carbocycles. The van der Waals surface area contributed by atoms with Crippen LogP contribution in [0.15, 0.2) is 47.4 Å². The van der Waals surface area contributed by atoms with Crippen LogP contribution in [0, 0.1) is 17.1 Å². The highest BCUT2D eigenvalue weighted by atomic mass is 35.5. The fourth-order valence-corrected chi connectivity index (χ4v) is 2.55. The molecule has 0 fully saturated rings. The lowest BCUT2D eigenvalue weighted by Crippen LogP contribution is -2.14. The molecule has 0 bridgehead atoms. The summed E-state index contributed by atoms with van der Waals surface area (Å²) in [6, 6.07) is 12.8. The SMILES string of the molecule is N#Cc1ccc(NC(=O)CSc2ccccc2F)cc1Cl. The fraction of sp³-hybridized carbons (Fsp3) is 0.0667. The normalized spacial score (nSPS) is 9.95. The van der Waals surface area contributed by atoms with E-state index in [1.807, 2.05) is 6.07 Å². The van der Waals surface area contributed by atoms with Gasteiger partial charge in [0.15, 0.2) is 0 Å². The molecule has 0 spiro atoms. The molecule has 0 aliphatic carbocycles. The highest BCUT2D eigenvalue weighted by Crippen LogP contribution is 2.23. The Morgan fingerprint density at radius 3 is 2.76 bits per heavy atom. The molecule has 0 aromatic heterocycles. The number of nitriles is 1. The van der Waals surface area contributed by atoms with Crippen LogP contribution in [-0.4, -0.2) is 11.7 Å². The molecule has 0 saturated carbocycles. The standard InChI is InChI=1S/C15H10ClFN2OS/c16-12-7-11(6-5-10(12)8-18)19-15(20)9-21-14-4-2-1-3-13(14)17/h1-7H,9H2,(H,19,20). The molecule has 106 valence electrons. The monoisotopic (exact) mass is 320 g/mol. The minimum absolute atomic E-state index is 0.0819. The second kappa shape index (κ2) is 7.11.